The van der Waals surface area contributed by atoms with Crippen molar-refractivity contribution in [2.45, 2.75) is 49.5 Å². The van der Waals surface area contributed by atoms with Gasteiger partial charge in [0.2, 0.25) is 10.0 Å². The van der Waals surface area contributed by atoms with E-state index in [2.05, 4.69) is 4.72 Å². The number of aromatic carboxylic acids is 1. The highest BCUT2D eigenvalue weighted by atomic mass is 32.2. The normalized spacial score (nSPS) is 19.4. The van der Waals surface area contributed by atoms with Gasteiger partial charge in [0.15, 0.2) is 0 Å². The molecule has 21 heavy (non-hydrogen) atoms. The third-order valence-corrected chi connectivity index (χ3v) is 5.79. The first kappa shape index (κ1) is 14.6. The molecule has 0 saturated heterocycles. The molecule has 1 aromatic heterocycles. The van der Waals surface area contributed by atoms with Crippen LogP contribution in [0.25, 0.3) is 0 Å². The van der Waals surface area contributed by atoms with Crippen LogP contribution in [0.2, 0.25) is 0 Å². The molecule has 2 aliphatic rings. The number of carboxylic acid groups (broad SMARTS) is 1. The molecule has 2 fully saturated rings. The van der Waals surface area contributed by atoms with Gasteiger partial charge < -0.3 is 9.67 Å². The van der Waals surface area contributed by atoms with E-state index < -0.39 is 16.0 Å². The Morgan fingerprint density at radius 1 is 1.33 bits per heavy atom. The molecule has 1 aromatic rings. The van der Waals surface area contributed by atoms with Crippen LogP contribution in [0.3, 0.4) is 0 Å². The molecule has 0 atom stereocenters. The fourth-order valence-electron chi connectivity index (χ4n) is 2.69. The predicted molar refractivity (Wildman–Crippen MR) is 76.8 cm³/mol. The number of carboxylic acids is 1. The van der Waals surface area contributed by atoms with Gasteiger partial charge >= 0.3 is 5.97 Å². The molecule has 0 radical (unpaired) electrons. The van der Waals surface area contributed by atoms with Crippen molar-refractivity contribution in [3.8, 4) is 0 Å². The van der Waals surface area contributed by atoms with Gasteiger partial charge in [0.05, 0.1) is 0 Å². The summed E-state index contributed by atoms with van der Waals surface area (Å²) in [6.45, 7) is 0.421. The third-order valence-electron chi connectivity index (χ3n) is 4.36. The molecule has 3 rings (SSSR count). The van der Waals surface area contributed by atoms with Crippen molar-refractivity contribution >= 4 is 16.0 Å². The maximum atomic E-state index is 12.2. The third kappa shape index (κ3) is 3.13. The Balaban J connectivity index is 1.71. The Labute approximate surface area is 124 Å². The summed E-state index contributed by atoms with van der Waals surface area (Å²) in [7, 11) is -3.62. The summed E-state index contributed by atoms with van der Waals surface area (Å²) in [5, 5.41) is 9.17. The highest BCUT2D eigenvalue weighted by molar-refractivity contribution is 7.89. The highest BCUT2D eigenvalue weighted by Gasteiger charge is 2.30. The number of carbonyl (C=O) groups is 1. The number of aromatic nitrogens is 1. The van der Waals surface area contributed by atoms with E-state index in [0.717, 1.165) is 19.3 Å². The summed E-state index contributed by atoms with van der Waals surface area (Å²) in [4.78, 5) is 11.3. The lowest BCUT2D eigenvalue weighted by atomic mass is 9.83. The van der Waals surface area contributed by atoms with Gasteiger partial charge in [-0.2, -0.15) is 0 Å². The van der Waals surface area contributed by atoms with Crippen molar-refractivity contribution in [2.24, 2.45) is 5.92 Å². The summed E-state index contributed by atoms with van der Waals surface area (Å²) >= 11 is 0. The number of hydrogen-bond donors (Lipinski definition) is 2. The van der Waals surface area contributed by atoms with Crippen molar-refractivity contribution < 1.29 is 18.3 Å². The molecule has 1 heterocycles. The maximum absolute atomic E-state index is 12.2. The fraction of sp³-hybridized carbons (Fsp3) is 0.643. The van der Waals surface area contributed by atoms with Crippen LogP contribution < -0.4 is 4.72 Å². The van der Waals surface area contributed by atoms with Crippen LogP contribution in [-0.4, -0.2) is 30.6 Å². The summed E-state index contributed by atoms with van der Waals surface area (Å²) in [6, 6.07) is 1.39. The Morgan fingerprint density at radius 2 is 2.05 bits per heavy atom. The Bertz CT molecular complexity index is 642. The van der Waals surface area contributed by atoms with E-state index in [-0.39, 0.29) is 16.6 Å². The minimum atomic E-state index is -3.62. The first-order valence-electron chi connectivity index (χ1n) is 7.42. The second-order valence-corrected chi connectivity index (χ2v) is 7.75. The Morgan fingerprint density at radius 3 is 2.57 bits per heavy atom. The van der Waals surface area contributed by atoms with Gasteiger partial charge in [0, 0.05) is 18.8 Å². The minimum absolute atomic E-state index is 0.0527. The molecule has 0 unspecified atom stereocenters. The van der Waals surface area contributed by atoms with Crippen LogP contribution in [0.1, 0.15) is 55.1 Å². The van der Waals surface area contributed by atoms with E-state index in [1.807, 2.05) is 0 Å². The van der Waals surface area contributed by atoms with E-state index in [1.165, 1.54) is 31.5 Å². The van der Waals surface area contributed by atoms with Crippen LogP contribution in [0.5, 0.6) is 0 Å². The first-order valence-corrected chi connectivity index (χ1v) is 8.90. The van der Waals surface area contributed by atoms with Gasteiger partial charge in [0.1, 0.15) is 10.6 Å². The average Bonchev–Trinajstić information content (AvgIpc) is 3.10. The maximum Gasteiger partial charge on any atom is 0.352 e. The van der Waals surface area contributed by atoms with Crippen LogP contribution in [0, 0.1) is 5.92 Å². The fourth-order valence-corrected chi connectivity index (χ4v) is 3.76. The molecule has 0 bridgehead atoms. The van der Waals surface area contributed by atoms with Crippen molar-refractivity contribution in [1.29, 1.82) is 0 Å². The van der Waals surface area contributed by atoms with Gasteiger partial charge in [-0.15, -0.1) is 0 Å². The molecule has 116 valence electrons. The molecule has 0 spiro atoms. The van der Waals surface area contributed by atoms with Gasteiger partial charge in [-0.05, 0) is 31.2 Å². The smallest absolute Gasteiger partial charge is 0.352 e. The van der Waals surface area contributed by atoms with E-state index in [9.17, 15) is 18.3 Å². The van der Waals surface area contributed by atoms with Crippen molar-refractivity contribution in [1.82, 2.24) is 9.29 Å². The molecule has 0 amide bonds. The zero-order chi connectivity index (χ0) is 15.0. The number of sulfonamides is 1. The largest absolute Gasteiger partial charge is 0.477 e. The van der Waals surface area contributed by atoms with Gasteiger partial charge in [0.25, 0.3) is 0 Å². The Hall–Kier alpha value is -1.34. The lowest BCUT2D eigenvalue weighted by molar-refractivity contribution is 0.0685. The van der Waals surface area contributed by atoms with E-state index in [0.29, 0.717) is 12.5 Å². The Kier molecular flexibility index (Phi) is 3.79. The van der Waals surface area contributed by atoms with Gasteiger partial charge in [-0.25, -0.2) is 17.9 Å². The van der Waals surface area contributed by atoms with Crippen LogP contribution in [0.15, 0.2) is 17.2 Å². The second-order valence-electron chi connectivity index (χ2n) is 5.99. The van der Waals surface area contributed by atoms with Crippen LogP contribution in [-0.2, 0) is 10.0 Å². The zero-order valence-corrected chi connectivity index (χ0v) is 12.6. The lowest BCUT2D eigenvalue weighted by Gasteiger charge is -2.24. The van der Waals surface area contributed by atoms with Crippen molar-refractivity contribution in [2.75, 3.05) is 6.54 Å². The van der Waals surface area contributed by atoms with E-state index >= 15 is 0 Å². The SMILES string of the molecule is O=C(O)c1cc(S(=O)(=O)NCCC2CCC2)cn1C1CC1. The second kappa shape index (κ2) is 5.46. The summed E-state index contributed by atoms with van der Waals surface area (Å²) in [5.41, 5.74) is 0.0527. The topological polar surface area (TPSA) is 88.4 Å². The highest BCUT2D eigenvalue weighted by Crippen LogP contribution is 2.37. The monoisotopic (exact) mass is 312 g/mol. The molecular formula is C14H20N2O4S. The molecule has 2 N–H and O–H groups in total. The number of nitrogens with zero attached hydrogens (tertiary/aromatic N) is 1. The molecular weight excluding hydrogens is 292 g/mol. The lowest BCUT2D eigenvalue weighted by Crippen LogP contribution is -2.27. The standard InChI is InChI=1S/C14H20N2O4S/c17-14(18)13-8-12(9-16(13)11-4-5-11)21(19,20)15-7-6-10-2-1-3-10/h8-11,15H,1-7H2,(H,17,18). The molecule has 7 heteroatoms. The van der Waals surface area contributed by atoms with Crippen molar-refractivity contribution in [3.05, 3.63) is 18.0 Å². The van der Waals surface area contributed by atoms with E-state index in [4.69, 9.17) is 0 Å². The molecule has 2 saturated carbocycles. The molecule has 0 aliphatic heterocycles. The molecule has 0 aromatic carbocycles. The molecule has 6 nitrogen and oxygen atoms in total. The zero-order valence-electron chi connectivity index (χ0n) is 11.8. The van der Waals surface area contributed by atoms with E-state index in [1.54, 1.807) is 4.57 Å². The summed E-state index contributed by atoms with van der Waals surface area (Å²) < 4.78 is 28.6. The van der Waals surface area contributed by atoms with Crippen LogP contribution >= 0.6 is 0 Å². The average molecular weight is 312 g/mol. The van der Waals surface area contributed by atoms with Crippen molar-refractivity contribution in [3.63, 3.8) is 0 Å². The number of hydrogen-bond acceptors (Lipinski definition) is 3. The number of nitrogens with one attached hydrogen (secondary N) is 1. The van der Waals surface area contributed by atoms with Crippen LogP contribution in [0.4, 0.5) is 0 Å². The number of rotatable bonds is 7. The predicted octanol–water partition coefficient (Wildman–Crippen LogP) is 1.99. The minimum Gasteiger partial charge on any atom is -0.477 e. The quantitative estimate of drug-likeness (QED) is 0.806. The van der Waals surface area contributed by atoms with Gasteiger partial charge in [-0.1, -0.05) is 19.3 Å². The summed E-state index contributed by atoms with van der Waals surface area (Å²) in [6.07, 6.45) is 7.73. The van der Waals surface area contributed by atoms with Gasteiger partial charge in [-0.3, -0.25) is 0 Å². The molecule has 2 aliphatic carbocycles. The first-order chi connectivity index (χ1) is 9.97. The summed E-state index contributed by atoms with van der Waals surface area (Å²) in [5.74, 6) is -0.448.